The molecule has 1 fully saturated rings. The van der Waals surface area contributed by atoms with Crippen molar-refractivity contribution in [1.29, 1.82) is 0 Å². The highest BCUT2D eigenvalue weighted by atomic mass is 15.2. The Morgan fingerprint density at radius 1 is 1.22 bits per heavy atom. The third-order valence-corrected chi connectivity index (χ3v) is 3.76. The maximum Gasteiger partial charge on any atom is 0.132 e. The molecule has 0 spiro atoms. The first-order valence-corrected chi connectivity index (χ1v) is 7.08. The summed E-state index contributed by atoms with van der Waals surface area (Å²) in [7, 11) is 0. The minimum Gasteiger partial charge on any atom is -0.356 e. The third kappa shape index (κ3) is 2.99. The molecule has 0 saturated carbocycles. The lowest BCUT2D eigenvalue weighted by Gasteiger charge is -2.32. The molecule has 2 rings (SSSR count). The van der Waals surface area contributed by atoms with Crippen LogP contribution in [0.15, 0.2) is 6.07 Å². The highest BCUT2D eigenvalue weighted by molar-refractivity contribution is 5.40. The largest absolute Gasteiger partial charge is 0.356 e. The van der Waals surface area contributed by atoms with Gasteiger partial charge in [-0.2, -0.15) is 0 Å². The first-order chi connectivity index (χ1) is 8.76. The van der Waals surface area contributed by atoms with Crippen molar-refractivity contribution in [3.05, 3.63) is 17.6 Å². The van der Waals surface area contributed by atoms with Gasteiger partial charge in [0.05, 0.1) is 0 Å². The molecule has 4 nitrogen and oxygen atoms in total. The van der Waals surface area contributed by atoms with E-state index in [0.29, 0.717) is 5.92 Å². The highest BCUT2D eigenvalue weighted by Crippen LogP contribution is 2.22. The Morgan fingerprint density at radius 2 is 1.94 bits per heavy atom. The van der Waals surface area contributed by atoms with Crippen LogP contribution in [0.5, 0.6) is 0 Å². The van der Waals surface area contributed by atoms with Crippen LogP contribution >= 0.6 is 0 Å². The molecule has 0 aromatic carbocycles. The Balaban J connectivity index is 2.13. The van der Waals surface area contributed by atoms with Gasteiger partial charge in [-0.25, -0.2) is 9.97 Å². The average molecular weight is 248 g/mol. The lowest BCUT2D eigenvalue weighted by atomic mass is 9.97. The number of hydrogen-bond acceptors (Lipinski definition) is 4. The van der Waals surface area contributed by atoms with Crippen LogP contribution in [0, 0.1) is 5.92 Å². The molecule has 0 bridgehead atoms. The van der Waals surface area contributed by atoms with Crippen LogP contribution in [0.4, 0.5) is 5.82 Å². The molecule has 4 heteroatoms. The van der Waals surface area contributed by atoms with Gasteiger partial charge in [0.2, 0.25) is 0 Å². The molecule has 0 amide bonds. The number of rotatable bonds is 4. The average Bonchev–Trinajstić information content (AvgIpc) is 2.46. The predicted molar refractivity (Wildman–Crippen MR) is 74.8 cm³/mol. The Bertz CT molecular complexity index is 361. The number of aromatic nitrogens is 2. The number of aryl methyl sites for hydroxylation is 2. The van der Waals surface area contributed by atoms with E-state index in [2.05, 4.69) is 34.8 Å². The Hall–Kier alpha value is -1.16. The first kappa shape index (κ1) is 13.3. The minimum absolute atomic E-state index is 0.694. The van der Waals surface area contributed by atoms with Crippen LogP contribution in [0.3, 0.4) is 0 Å². The van der Waals surface area contributed by atoms with E-state index in [9.17, 15) is 0 Å². The fraction of sp³-hybridized carbons (Fsp3) is 0.714. The van der Waals surface area contributed by atoms with Gasteiger partial charge in [-0.05, 0) is 31.7 Å². The maximum absolute atomic E-state index is 5.73. The van der Waals surface area contributed by atoms with E-state index in [1.165, 1.54) is 12.8 Å². The number of anilines is 1. The molecule has 18 heavy (non-hydrogen) atoms. The van der Waals surface area contributed by atoms with Crippen molar-refractivity contribution in [3.8, 4) is 0 Å². The van der Waals surface area contributed by atoms with Gasteiger partial charge < -0.3 is 10.6 Å². The summed E-state index contributed by atoms with van der Waals surface area (Å²) in [5, 5.41) is 0. The zero-order valence-electron chi connectivity index (χ0n) is 11.5. The van der Waals surface area contributed by atoms with Gasteiger partial charge in [-0.3, -0.25) is 0 Å². The molecule has 2 heterocycles. The molecule has 0 aliphatic carbocycles. The van der Waals surface area contributed by atoms with Crippen LogP contribution in [-0.2, 0) is 12.8 Å². The molecule has 0 radical (unpaired) electrons. The van der Waals surface area contributed by atoms with Crippen molar-refractivity contribution in [2.24, 2.45) is 11.7 Å². The molecule has 100 valence electrons. The van der Waals surface area contributed by atoms with Gasteiger partial charge in [0.15, 0.2) is 0 Å². The van der Waals surface area contributed by atoms with E-state index >= 15 is 0 Å². The summed E-state index contributed by atoms with van der Waals surface area (Å²) in [4.78, 5) is 11.6. The third-order valence-electron chi connectivity index (χ3n) is 3.76. The van der Waals surface area contributed by atoms with Crippen LogP contribution in [0.2, 0.25) is 0 Å². The van der Waals surface area contributed by atoms with E-state index in [1.54, 1.807) is 0 Å². The summed E-state index contributed by atoms with van der Waals surface area (Å²) < 4.78 is 0. The number of nitrogens with two attached hydrogens (primary N) is 1. The second-order valence-corrected chi connectivity index (χ2v) is 5.01. The van der Waals surface area contributed by atoms with Crippen LogP contribution in [0.1, 0.15) is 38.2 Å². The van der Waals surface area contributed by atoms with E-state index < -0.39 is 0 Å². The van der Waals surface area contributed by atoms with Gasteiger partial charge in [0.1, 0.15) is 11.6 Å². The summed E-state index contributed by atoms with van der Waals surface area (Å²) in [5.74, 6) is 2.76. The monoisotopic (exact) mass is 248 g/mol. The summed E-state index contributed by atoms with van der Waals surface area (Å²) in [6, 6.07) is 2.14. The SMILES string of the molecule is CCc1cc(N2CCC(CN)CC2)nc(CC)n1. The lowest BCUT2D eigenvalue weighted by molar-refractivity contribution is 0.412. The fourth-order valence-corrected chi connectivity index (χ4v) is 2.44. The van der Waals surface area contributed by atoms with Gasteiger partial charge >= 0.3 is 0 Å². The van der Waals surface area contributed by atoms with Crippen molar-refractivity contribution in [1.82, 2.24) is 9.97 Å². The molecular formula is C14H24N4. The zero-order valence-corrected chi connectivity index (χ0v) is 11.5. The minimum atomic E-state index is 0.694. The van der Waals surface area contributed by atoms with Crippen molar-refractivity contribution < 1.29 is 0 Å². The molecular weight excluding hydrogens is 224 g/mol. The van der Waals surface area contributed by atoms with Crippen LogP contribution in [0.25, 0.3) is 0 Å². The molecule has 1 aromatic rings. The number of piperidine rings is 1. The second kappa shape index (κ2) is 6.14. The van der Waals surface area contributed by atoms with Gasteiger partial charge in [0, 0.05) is 31.3 Å². The number of nitrogens with zero attached hydrogens (tertiary/aromatic N) is 3. The van der Waals surface area contributed by atoms with E-state index in [0.717, 1.165) is 49.8 Å². The van der Waals surface area contributed by atoms with Crippen molar-refractivity contribution in [2.75, 3.05) is 24.5 Å². The van der Waals surface area contributed by atoms with E-state index in [4.69, 9.17) is 5.73 Å². The quantitative estimate of drug-likeness (QED) is 0.882. The summed E-state index contributed by atoms with van der Waals surface area (Å²) in [6.45, 7) is 7.22. The summed E-state index contributed by atoms with van der Waals surface area (Å²) in [5.41, 5.74) is 6.89. The number of hydrogen-bond donors (Lipinski definition) is 1. The van der Waals surface area contributed by atoms with Crippen LogP contribution < -0.4 is 10.6 Å². The maximum atomic E-state index is 5.73. The smallest absolute Gasteiger partial charge is 0.132 e. The molecule has 1 aliphatic rings. The molecule has 0 atom stereocenters. The van der Waals surface area contributed by atoms with E-state index in [-0.39, 0.29) is 0 Å². The second-order valence-electron chi connectivity index (χ2n) is 5.01. The Labute approximate surface area is 110 Å². The van der Waals surface area contributed by atoms with Gasteiger partial charge in [-0.15, -0.1) is 0 Å². The molecule has 2 N–H and O–H groups in total. The van der Waals surface area contributed by atoms with Crippen molar-refractivity contribution in [2.45, 2.75) is 39.5 Å². The summed E-state index contributed by atoms with van der Waals surface area (Å²) >= 11 is 0. The van der Waals surface area contributed by atoms with Gasteiger partial charge in [-0.1, -0.05) is 13.8 Å². The normalized spacial score (nSPS) is 17.2. The van der Waals surface area contributed by atoms with Crippen molar-refractivity contribution in [3.63, 3.8) is 0 Å². The van der Waals surface area contributed by atoms with Crippen LogP contribution in [-0.4, -0.2) is 29.6 Å². The fourth-order valence-electron chi connectivity index (χ4n) is 2.44. The topological polar surface area (TPSA) is 55.0 Å². The standard InChI is InChI=1S/C14H24N4/c1-3-12-9-14(17-13(4-2)16-12)18-7-5-11(10-15)6-8-18/h9,11H,3-8,10,15H2,1-2H3. The van der Waals surface area contributed by atoms with E-state index in [1.807, 2.05) is 0 Å². The highest BCUT2D eigenvalue weighted by Gasteiger charge is 2.19. The van der Waals surface area contributed by atoms with Crippen molar-refractivity contribution >= 4 is 5.82 Å². The van der Waals surface area contributed by atoms with Gasteiger partial charge in [0.25, 0.3) is 0 Å². The zero-order chi connectivity index (χ0) is 13.0. The molecule has 1 aliphatic heterocycles. The molecule has 0 unspecified atom stereocenters. The first-order valence-electron chi connectivity index (χ1n) is 7.08. The summed E-state index contributed by atoms with van der Waals surface area (Å²) in [6.07, 6.45) is 4.24. The molecule has 1 saturated heterocycles. The lowest BCUT2D eigenvalue weighted by Crippen LogP contribution is -2.36. The Kier molecular flexibility index (Phi) is 4.53. The predicted octanol–water partition coefficient (Wildman–Crippen LogP) is 1.78. The molecule has 1 aromatic heterocycles. The Morgan fingerprint density at radius 3 is 2.50 bits per heavy atom.